The minimum atomic E-state index is 0.153. The largest absolute Gasteiger partial charge is 0.308 e. The highest BCUT2D eigenvalue weighted by Crippen LogP contribution is 2.15. The summed E-state index contributed by atoms with van der Waals surface area (Å²) in [6.07, 6.45) is 7.47. The number of hydrogen-bond donors (Lipinski definition) is 1. The normalized spacial score (nSPS) is 13.3. The van der Waals surface area contributed by atoms with Gasteiger partial charge in [0.15, 0.2) is 0 Å². The van der Waals surface area contributed by atoms with Gasteiger partial charge in [-0.2, -0.15) is 5.10 Å². The summed E-state index contributed by atoms with van der Waals surface area (Å²) in [4.78, 5) is 0. The Morgan fingerprint density at radius 2 is 2.11 bits per heavy atom. The van der Waals surface area contributed by atoms with Crippen molar-refractivity contribution in [2.75, 3.05) is 6.54 Å². The van der Waals surface area contributed by atoms with Crippen molar-refractivity contribution in [1.82, 2.24) is 15.1 Å². The summed E-state index contributed by atoms with van der Waals surface area (Å²) < 4.78 is 2.01. The quantitative estimate of drug-likeness (QED) is 0.847. The fraction of sp³-hybridized carbons (Fsp3) is 0.688. The summed E-state index contributed by atoms with van der Waals surface area (Å²) in [5.74, 6) is 0.546. The molecule has 0 saturated heterocycles. The molecule has 0 fully saturated rings. The third-order valence-electron chi connectivity index (χ3n) is 3.02. The Morgan fingerprint density at radius 1 is 1.42 bits per heavy atom. The molecular weight excluding hydrogens is 234 g/mol. The van der Waals surface area contributed by atoms with E-state index in [0.29, 0.717) is 5.92 Å². The van der Waals surface area contributed by atoms with Gasteiger partial charge in [0.1, 0.15) is 0 Å². The van der Waals surface area contributed by atoms with Crippen LogP contribution in [0.4, 0.5) is 0 Å². The third-order valence-corrected chi connectivity index (χ3v) is 3.02. The highest BCUT2D eigenvalue weighted by molar-refractivity contribution is 5.51. The van der Waals surface area contributed by atoms with E-state index >= 15 is 0 Å². The average molecular weight is 263 g/mol. The lowest BCUT2D eigenvalue weighted by Gasteiger charge is -2.23. The average Bonchev–Trinajstić information content (AvgIpc) is 2.70. The molecule has 0 atom stereocenters. The van der Waals surface area contributed by atoms with Gasteiger partial charge in [0.05, 0.1) is 6.20 Å². The van der Waals surface area contributed by atoms with E-state index in [9.17, 15) is 0 Å². The van der Waals surface area contributed by atoms with Gasteiger partial charge >= 0.3 is 0 Å². The van der Waals surface area contributed by atoms with Crippen molar-refractivity contribution in [2.45, 2.75) is 60.0 Å². The molecule has 0 radical (unpaired) electrons. The van der Waals surface area contributed by atoms with E-state index in [4.69, 9.17) is 0 Å². The summed E-state index contributed by atoms with van der Waals surface area (Å²) in [6, 6.07) is 0. The van der Waals surface area contributed by atoms with Gasteiger partial charge in [0, 0.05) is 30.4 Å². The fourth-order valence-corrected chi connectivity index (χ4v) is 1.81. The van der Waals surface area contributed by atoms with E-state index < -0.39 is 0 Å². The fourth-order valence-electron chi connectivity index (χ4n) is 1.81. The van der Waals surface area contributed by atoms with Crippen LogP contribution in [0.3, 0.4) is 0 Å². The molecule has 3 heteroatoms. The van der Waals surface area contributed by atoms with Gasteiger partial charge in [-0.25, -0.2) is 0 Å². The van der Waals surface area contributed by atoms with Gasteiger partial charge < -0.3 is 5.32 Å². The first-order valence-corrected chi connectivity index (χ1v) is 7.29. The predicted octanol–water partition coefficient (Wildman–Crippen LogP) is 3.72. The van der Waals surface area contributed by atoms with Gasteiger partial charge in [-0.1, -0.05) is 32.4 Å². The van der Waals surface area contributed by atoms with Gasteiger partial charge in [-0.15, -0.1) is 0 Å². The highest BCUT2D eigenvalue weighted by atomic mass is 15.3. The third kappa shape index (κ3) is 6.06. The molecule has 0 spiro atoms. The molecule has 1 aromatic heterocycles. The molecule has 0 aromatic carbocycles. The Labute approximate surface area is 118 Å². The summed E-state index contributed by atoms with van der Waals surface area (Å²) in [5.41, 5.74) is 2.78. The molecule has 3 nitrogen and oxygen atoms in total. The molecule has 0 amide bonds. The van der Waals surface area contributed by atoms with Crippen LogP contribution in [0.5, 0.6) is 0 Å². The molecule has 0 aliphatic carbocycles. The number of aryl methyl sites for hydroxylation is 1. The lowest BCUT2D eigenvalue weighted by molar-refractivity contribution is 0.437. The minimum Gasteiger partial charge on any atom is -0.308 e. The number of aromatic nitrogens is 2. The minimum absolute atomic E-state index is 0.153. The summed E-state index contributed by atoms with van der Waals surface area (Å²) in [7, 11) is 0. The van der Waals surface area contributed by atoms with E-state index in [-0.39, 0.29) is 5.54 Å². The van der Waals surface area contributed by atoms with Crippen LogP contribution >= 0.6 is 0 Å². The molecule has 108 valence electrons. The summed E-state index contributed by atoms with van der Waals surface area (Å²) in [5, 5.41) is 7.94. The zero-order valence-electron chi connectivity index (χ0n) is 13.3. The summed E-state index contributed by atoms with van der Waals surface area (Å²) in [6.45, 7) is 15.2. The van der Waals surface area contributed by atoms with Crippen molar-refractivity contribution >= 4 is 6.08 Å². The van der Waals surface area contributed by atoms with Crippen LogP contribution in [-0.4, -0.2) is 21.9 Å². The predicted molar refractivity (Wildman–Crippen MR) is 83.1 cm³/mol. The SMILES string of the molecule is CCCn1cc(/C=C(/CNC(C)(C)C)C(C)C)cn1. The molecule has 1 aromatic rings. The van der Waals surface area contributed by atoms with Crippen LogP contribution in [0.2, 0.25) is 0 Å². The van der Waals surface area contributed by atoms with Crippen LogP contribution in [0.25, 0.3) is 6.08 Å². The van der Waals surface area contributed by atoms with Crippen LogP contribution in [0.15, 0.2) is 18.0 Å². The van der Waals surface area contributed by atoms with Crippen molar-refractivity contribution in [3.63, 3.8) is 0 Å². The Morgan fingerprint density at radius 3 is 2.63 bits per heavy atom. The lowest BCUT2D eigenvalue weighted by Crippen LogP contribution is -2.37. The van der Waals surface area contributed by atoms with Crippen molar-refractivity contribution in [3.05, 3.63) is 23.5 Å². The molecule has 0 saturated carbocycles. The maximum atomic E-state index is 4.38. The van der Waals surface area contributed by atoms with E-state index in [0.717, 1.165) is 19.5 Å². The molecule has 0 aliphatic rings. The molecule has 0 aliphatic heterocycles. The molecule has 0 bridgehead atoms. The van der Waals surface area contributed by atoms with Gasteiger partial charge in [-0.05, 0) is 33.1 Å². The monoisotopic (exact) mass is 263 g/mol. The molecule has 0 unspecified atom stereocenters. The number of rotatable bonds is 6. The van der Waals surface area contributed by atoms with E-state index in [1.807, 2.05) is 10.9 Å². The zero-order chi connectivity index (χ0) is 14.5. The number of nitrogens with zero attached hydrogens (tertiary/aromatic N) is 2. The van der Waals surface area contributed by atoms with Crippen LogP contribution in [0, 0.1) is 5.92 Å². The first-order valence-electron chi connectivity index (χ1n) is 7.29. The van der Waals surface area contributed by atoms with Gasteiger partial charge in [0.25, 0.3) is 0 Å². The second-order valence-corrected chi connectivity index (χ2v) is 6.51. The van der Waals surface area contributed by atoms with Crippen molar-refractivity contribution < 1.29 is 0 Å². The number of nitrogens with one attached hydrogen (secondary N) is 1. The topological polar surface area (TPSA) is 29.9 Å². The van der Waals surface area contributed by atoms with Crippen LogP contribution < -0.4 is 5.32 Å². The lowest BCUT2D eigenvalue weighted by atomic mass is 9.99. The Kier molecular flexibility index (Phi) is 5.80. The van der Waals surface area contributed by atoms with Crippen molar-refractivity contribution in [3.8, 4) is 0 Å². The second-order valence-electron chi connectivity index (χ2n) is 6.51. The van der Waals surface area contributed by atoms with E-state index in [2.05, 4.69) is 64.2 Å². The first-order chi connectivity index (χ1) is 8.81. The standard InChI is InChI=1S/C16H29N3/c1-7-8-19-12-14(10-18-19)9-15(13(2)3)11-17-16(4,5)6/h9-10,12-13,17H,7-8,11H2,1-6H3/b15-9-. The summed E-state index contributed by atoms with van der Waals surface area (Å²) >= 11 is 0. The maximum absolute atomic E-state index is 4.38. The molecule has 1 heterocycles. The van der Waals surface area contributed by atoms with E-state index in [1.165, 1.54) is 11.1 Å². The number of hydrogen-bond acceptors (Lipinski definition) is 2. The smallest absolute Gasteiger partial charge is 0.0562 e. The van der Waals surface area contributed by atoms with Gasteiger partial charge in [0.2, 0.25) is 0 Å². The zero-order valence-corrected chi connectivity index (χ0v) is 13.3. The Hall–Kier alpha value is -1.09. The van der Waals surface area contributed by atoms with Crippen LogP contribution in [-0.2, 0) is 6.54 Å². The first kappa shape index (κ1) is 16.0. The Balaban J connectivity index is 2.76. The van der Waals surface area contributed by atoms with E-state index in [1.54, 1.807) is 0 Å². The molecule has 1 N–H and O–H groups in total. The van der Waals surface area contributed by atoms with Crippen molar-refractivity contribution in [1.29, 1.82) is 0 Å². The highest BCUT2D eigenvalue weighted by Gasteiger charge is 2.11. The van der Waals surface area contributed by atoms with Gasteiger partial charge in [-0.3, -0.25) is 4.68 Å². The molecule has 1 rings (SSSR count). The maximum Gasteiger partial charge on any atom is 0.0562 e. The van der Waals surface area contributed by atoms with Crippen molar-refractivity contribution in [2.24, 2.45) is 5.92 Å². The Bertz CT molecular complexity index is 408. The van der Waals surface area contributed by atoms with Crippen LogP contribution in [0.1, 0.15) is 53.5 Å². The second kappa shape index (κ2) is 6.90. The molecular formula is C16H29N3. The molecule has 19 heavy (non-hydrogen) atoms.